The first-order valence-corrected chi connectivity index (χ1v) is 23.6. The lowest BCUT2D eigenvalue weighted by Crippen LogP contribution is -2.56. The Morgan fingerprint density at radius 1 is 0.620 bits per heavy atom. The van der Waals surface area contributed by atoms with E-state index in [1.54, 1.807) is 87.8 Å². The van der Waals surface area contributed by atoms with Crippen LogP contribution in [0.3, 0.4) is 0 Å². The Morgan fingerprint density at radius 2 is 1.27 bits per heavy atom. The van der Waals surface area contributed by atoms with E-state index in [-0.39, 0.29) is 43.8 Å². The molecule has 23 heteroatoms. The molecule has 2 N–H and O–H groups in total. The number of hydrogen-bond acceptors (Lipinski definition) is 13. The van der Waals surface area contributed by atoms with Gasteiger partial charge in [-0.2, -0.15) is 35.9 Å². The van der Waals surface area contributed by atoms with Crippen molar-refractivity contribution in [1.29, 1.82) is 0 Å². The lowest BCUT2D eigenvalue weighted by molar-refractivity contribution is -0.168. The van der Waals surface area contributed by atoms with Gasteiger partial charge in [-0.15, -0.1) is 0 Å². The van der Waals surface area contributed by atoms with E-state index in [0.717, 1.165) is 67.1 Å². The number of carbonyl (C=O) groups excluding carboxylic acids is 1. The van der Waals surface area contributed by atoms with Gasteiger partial charge in [0, 0.05) is 77.0 Å². The maximum absolute atomic E-state index is 13.2. The molecule has 12 heterocycles. The molecule has 0 aromatic carbocycles. The topological polar surface area (TPSA) is 165 Å². The highest BCUT2D eigenvalue weighted by Gasteiger charge is 2.46. The van der Waals surface area contributed by atoms with Crippen LogP contribution in [0.15, 0.2) is 107 Å². The molecule has 4 atom stereocenters. The number of nitrogens with zero attached hydrogens (tertiary/aromatic N) is 12. The highest BCUT2D eigenvalue weighted by atomic mass is 19.4. The molecule has 4 fully saturated rings. The fraction of sp³-hybridized carbons (Fsp3) is 0.417. The molecular formula is C48H50F6N14O3. The van der Waals surface area contributed by atoms with Crippen molar-refractivity contribution < 1.29 is 31.1 Å². The summed E-state index contributed by atoms with van der Waals surface area (Å²) in [7, 11) is 0. The van der Waals surface area contributed by atoms with Crippen LogP contribution in [-0.2, 0) is 0 Å². The van der Waals surface area contributed by atoms with Gasteiger partial charge in [-0.25, -0.2) is 34.3 Å². The summed E-state index contributed by atoms with van der Waals surface area (Å²) in [5, 5.41) is 6.26. The number of alkyl halides is 6. The summed E-state index contributed by atoms with van der Waals surface area (Å²) in [5.74, 6) is 0.565. The van der Waals surface area contributed by atoms with Gasteiger partial charge in [-0.3, -0.25) is 14.6 Å². The molecule has 71 heavy (non-hydrogen) atoms. The Hall–Kier alpha value is -7.46. The third-order valence-electron chi connectivity index (χ3n) is 13.7. The van der Waals surface area contributed by atoms with Crippen molar-refractivity contribution in [3.8, 4) is 5.82 Å². The molecule has 0 aliphatic carbocycles. The number of nitrogens with one attached hydrogen (secondary N) is 2. The van der Waals surface area contributed by atoms with E-state index in [2.05, 4.69) is 40.4 Å². The van der Waals surface area contributed by atoms with Crippen LogP contribution in [0.25, 0.3) is 11.5 Å². The van der Waals surface area contributed by atoms with E-state index in [0.29, 0.717) is 54.6 Å². The van der Waals surface area contributed by atoms with Crippen LogP contribution >= 0.6 is 0 Å². The number of piperidine rings is 2. The number of hydrogen-bond donors (Lipinski definition) is 2. The summed E-state index contributed by atoms with van der Waals surface area (Å²) in [6, 6.07) is 22.8. The third-order valence-corrected chi connectivity index (χ3v) is 13.7. The summed E-state index contributed by atoms with van der Waals surface area (Å²) in [6.45, 7) is 4.24. The van der Waals surface area contributed by atoms with Crippen LogP contribution in [0.5, 0.6) is 0 Å². The average molecular weight is 985 g/mol. The van der Waals surface area contributed by atoms with Crippen LogP contribution < -0.4 is 46.5 Å². The summed E-state index contributed by atoms with van der Waals surface area (Å²) in [4.78, 5) is 68.1. The second-order valence-electron chi connectivity index (χ2n) is 18.3. The largest absolute Gasteiger partial charge is 0.393 e. The Morgan fingerprint density at radius 3 is 1.93 bits per heavy atom. The van der Waals surface area contributed by atoms with Gasteiger partial charge >= 0.3 is 29.8 Å². The van der Waals surface area contributed by atoms with Crippen LogP contribution in [0.1, 0.15) is 38.5 Å². The molecule has 2 unspecified atom stereocenters. The van der Waals surface area contributed by atoms with Crippen LogP contribution in [0.2, 0.25) is 0 Å². The van der Waals surface area contributed by atoms with Crippen LogP contribution in [-0.4, -0.2) is 117 Å². The number of rotatable bonds is 4. The standard InChI is InChI=1S/C21H23F3N6O.C15H19F3N4.C12H8N4O2/c22-21(23,24)14-8-11-29(12-14)18-7-6-16-19(27-18)30(15-4-3-10-28(16)13-15)20(31)26-17-5-1-2-9-25-17;16-15(17,18)10-5-7-22(8-10)13-4-3-12-14(20-13)19-11-2-1-6-21(12)9-11;17-11-14-10-6-2-4-8-15(10)12(18)16(11)9-5-1-3-7-13-9/h1-2,5-7,9,14-15H,3-4,8,10-13H2,(H,25,26,31);3-4,10-11H,1-2,5-9H2,(H,19,20);1-8H/t14?,15-;10?,11-;/m00./s1. The Bertz CT molecular complexity index is 3000. The average Bonchev–Trinajstić information content (AvgIpc) is 4.08. The number of fused-ring (bicyclic) bond motifs is 9. The van der Waals surface area contributed by atoms with Crippen LogP contribution in [0, 0.1) is 11.8 Å². The Kier molecular flexibility index (Phi) is 12.9. The van der Waals surface area contributed by atoms with Gasteiger partial charge in [0.2, 0.25) is 0 Å². The van der Waals surface area contributed by atoms with E-state index < -0.39 is 35.6 Å². The number of amides is 2. The minimum Gasteiger partial charge on any atom is -0.366 e. The van der Waals surface area contributed by atoms with Gasteiger partial charge in [-0.05, 0) is 99.2 Å². The van der Waals surface area contributed by atoms with Crippen molar-refractivity contribution in [2.45, 2.75) is 63.0 Å². The second kappa shape index (κ2) is 19.4. The minimum atomic E-state index is -4.21. The lowest BCUT2D eigenvalue weighted by Gasteiger charge is -2.46. The molecule has 17 nitrogen and oxygen atoms in total. The number of anilines is 7. The molecule has 6 aromatic rings. The zero-order valence-electron chi connectivity index (χ0n) is 38.3. The van der Waals surface area contributed by atoms with Crippen LogP contribution in [0.4, 0.5) is 71.6 Å². The molecule has 4 saturated heterocycles. The normalized spacial score (nSPS) is 21.3. The SMILES string of the molecule is FC(F)(F)C1CCN(c2ccc3c(n2)N[C@H]2CCCN3C2)C1.O=C(Nc1ccccn1)N1c2nc(N3CCC(C(F)(F)F)C3)ccc2N2CCC[C@H]1C2.O=c1nc2ccccn2c(=O)n1-c1ccccn1. The second-order valence-corrected chi connectivity index (χ2v) is 18.3. The molecular weight excluding hydrogens is 935 g/mol. The molecule has 6 aliphatic rings. The van der Waals surface area contributed by atoms with E-state index >= 15 is 0 Å². The first kappa shape index (κ1) is 47.2. The fourth-order valence-electron chi connectivity index (χ4n) is 10.1. The molecule has 6 aromatic heterocycles. The lowest BCUT2D eigenvalue weighted by atomic mass is 10.00. The third kappa shape index (κ3) is 9.98. The summed E-state index contributed by atoms with van der Waals surface area (Å²) < 4.78 is 80.1. The highest BCUT2D eigenvalue weighted by molar-refractivity contribution is 6.04. The van der Waals surface area contributed by atoms with Crippen molar-refractivity contribution in [1.82, 2.24) is 33.9 Å². The van der Waals surface area contributed by atoms with Gasteiger partial charge < -0.3 is 24.9 Å². The Labute approximate surface area is 402 Å². The molecule has 0 spiro atoms. The fourth-order valence-corrected chi connectivity index (χ4v) is 10.1. The maximum atomic E-state index is 13.2. The summed E-state index contributed by atoms with van der Waals surface area (Å²) in [5.41, 5.74) is 1.11. The zero-order valence-corrected chi connectivity index (χ0v) is 38.3. The van der Waals surface area contributed by atoms with E-state index in [4.69, 9.17) is 4.98 Å². The number of aromatic nitrogens is 7. The van der Waals surface area contributed by atoms with Crippen molar-refractivity contribution in [3.63, 3.8) is 0 Å². The number of carbonyl (C=O) groups is 1. The van der Waals surface area contributed by atoms with Crippen molar-refractivity contribution in [3.05, 3.63) is 118 Å². The number of pyridine rings is 5. The molecule has 0 radical (unpaired) electrons. The molecule has 12 rings (SSSR count). The summed E-state index contributed by atoms with van der Waals surface area (Å²) >= 11 is 0. The van der Waals surface area contributed by atoms with Gasteiger partial charge in [0.15, 0.2) is 11.6 Å². The molecule has 372 valence electrons. The minimum absolute atomic E-state index is 0.0163. The predicted molar refractivity (Wildman–Crippen MR) is 256 cm³/mol. The van der Waals surface area contributed by atoms with Gasteiger partial charge in [0.05, 0.1) is 29.3 Å². The maximum Gasteiger partial charge on any atom is 0.393 e. The number of halogens is 6. The first-order chi connectivity index (χ1) is 34.2. The summed E-state index contributed by atoms with van der Waals surface area (Å²) in [6.07, 6.45) is 0.666. The monoisotopic (exact) mass is 984 g/mol. The smallest absolute Gasteiger partial charge is 0.366 e. The van der Waals surface area contributed by atoms with Crippen molar-refractivity contribution in [2.24, 2.45) is 11.8 Å². The Balaban J connectivity index is 0.000000128. The van der Waals surface area contributed by atoms with E-state index in [1.807, 2.05) is 18.2 Å². The molecule has 0 saturated carbocycles. The van der Waals surface area contributed by atoms with Crippen molar-refractivity contribution in [2.75, 3.05) is 87.5 Å². The van der Waals surface area contributed by atoms with Crippen molar-refractivity contribution >= 4 is 52.1 Å². The predicted octanol–water partition coefficient (Wildman–Crippen LogP) is 6.99. The molecule has 4 bridgehead atoms. The van der Waals surface area contributed by atoms with E-state index in [1.165, 1.54) is 10.6 Å². The molecule has 6 aliphatic heterocycles. The van der Waals surface area contributed by atoms with Gasteiger partial charge in [-0.1, -0.05) is 18.2 Å². The highest BCUT2D eigenvalue weighted by Crippen LogP contribution is 2.42. The zero-order chi connectivity index (χ0) is 49.4. The van der Waals surface area contributed by atoms with E-state index in [9.17, 15) is 40.7 Å². The quantitative estimate of drug-likeness (QED) is 0.174. The molecule has 2 amide bonds. The first-order valence-electron chi connectivity index (χ1n) is 23.6. The van der Waals surface area contributed by atoms with Gasteiger partial charge in [0.1, 0.15) is 28.9 Å². The number of urea groups is 1. The van der Waals surface area contributed by atoms with Gasteiger partial charge in [0.25, 0.3) is 0 Å².